The van der Waals surface area contributed by atoms with E-state index in [0.29, 0.717) is 0 Å². The van der Waals surface area contributed by atoms with Crippen molar-refractivity contribution in [3.8, 4) is 0 Å². The summed E-state index contributed by atoms with van der Waals surface area (Å²) in [6.07, 6.45) is 2.19. The standard InChI is InChI=1S/C5H7N2.3CH3.Sn/c1-5-3-4-7(2)6-5;;;;/h4H,1-2H3;3*1H3;. The summed E-state index contributed by atoms with van der Waals surface area (Å²) in [4.78, 5) is 7.25. The van der Waals surface area contributed by atoms with E-state index >= 15 is 0 Å². The molecule has 0 saturated heterocycles. The van der Waals surface area contributed by atoms with E-state index in [4.69, 9.17) is 0 Å². The molecule has 0 radical (unpaired) electrons. The number of nitrogens with zero attached hydrogens (tertiary/aromatic N) is 2. The van der Waals surface area contributed by atoms with Gasteiger partial charge in [0.25, 0.3) is 0 Å². The Bertz CT molecular complexity index is 258. The second-order valence-electron chi connectivity index (χ2n) is 4.05. The first-order valence-electron chi connectivity index (χ1n) is 3.92. The Morgan fingerprint density at radius 1 is 1.36 bits per heavy atom. The zero-order chi connectivity index (χ0) is 8.65. The van der Waals surface area contributed by atoms with Crippen molar-refractivity contribution >= 4 is 22.0 Å². The van der Waals surface area contributed by atoms with Gasteiger partial charge in [0.05, 0.1) is 0 Å². The molecule has 0 aliphatic rings. The van der Waals surface area contributed by atoms with Gasteiger partial charge in [-0.1, -0.05) is 0 Å². The zero-order valence-corrected chi connectivity index (χ0v) is 10.8. The maximum absolute atomic E-state index is 4.35. The van der Waals surface area contributed by atoms with Gasteiger partial charge in [-0.05, 0) is 0 Å². The first-order valence-corrected chi connectivity index (χ1v) is 13.9. The second kappa shape index (κ2) is 2.81. The van der Waals surface area contributed by atoms with Crippen LogP contribution in [0.3, 0.4) is 0 Å². The van der Waals surface area contributed by atoms with Gasteiger partial charge in [-0.15, -0.1) is 0 Å². The number of rotatable bonds is 1. The molecule has 2 nitrogen and oxygen atoms in total. The topological polar surface area (TPSA) is 17.8 Å². The van der Waals surface area contributed by atoms with E-state index in [1.807, 2.05) is 11.7 Å². The molecule has 0 aromatic carbocycles. The van der Waals surface area contributed by atoms with Gasteiger partial charge in [-0.25, -0.2) is 0 Å². The Balaban J connectivity index is 3.13. The molecule has 0 atom stereocenters. The maximum atomic E-state index is 4.35. The SMILES string of the molecule is Cc1nn(C)c[c]1[Sn]([CH3])([CH3])[CH3]. The van der Waals surface area contributed by atoms with Crippen LogP contribution < -0.4 is 3.58 Å². The van der Waals surface area contributed by atoms with E-state index in [1.165, 1.54) is 5.69 Å². The molecule has 0 aliphatic carbocycles. The van der Waals surface area contributed by atoms with Gasteiger partial charge in [0, 0.05) is 0 Å². The van der Waals surface area contributed by atoms with Crippen molar-refractivity contribution in [1.29, 1.82) is 0 Å². The van der Waals surface area contributed by atoms with Gasteiger partial charge in [0.15, 0.2) is 0 Å². The van der Waals surface area contributed by atoms with Gasteiger partial charge >= 0.3 is 72.4 Å². The molecule has 62 valence electrons. The van der Waals surface area contributed by atoms with Crippen LogP contribution in [0.2, 0.25) is 14.8 Å². The molecule has 1 rings (SSSR count). The third-order valence-electron chi connectivity index (χ3n) is 1.82. The minimum atomic E-state index is -1.84. The average Bonchev–Trinajstić information content (AvgIpc) is 2.08. The van der Waals surface area contributed by atoms with Crippen LogP contribution in [0.5, 0.6) is 0 Å². The van der Waals surface area contributed by atoms with E-state index in [0.717, 1.165) is 0 Å². The Morgan fingerprint density at radius 3 is 2.09 bits per heavy atom. The van der Waals surface area contributed by atoms with E-state index in [1.54, 1.807) is 3.58 Å². The Morgan fingerprint density at radius 2 is 1.91 bits per heavy atom. The molecule has 0 aliphatic heterocycles. The molecule has 1 aromatic heterocycles. The minimum absolute atomic E-state index is 1.23. The molecule has 3 heteroatoms. The summed E-state index contributed by atoms with van der Waals surface area (Å²) >= 11 is -1.84. The molecule has 0 fully saturated rings. The van der Waals surface area contributed by atoms with Crippen LogP contribution in [0, 0.1) is 6.92 Å². The van der Waals surface area contributed by atoms with E-state index in [9.17, 15) is 0 Å². The van der Waals surface area contributed by atoms with Crippen molar-refractivity contribution in [2.45, 2.75) is 21.7 Å². The molecule has 0 unspecified atom stereocenters. The quantitative estimate of drug-likeness (QED) is 0.694. The van der Waals surface area contributed by atoms with Crippen molar-refractivity contribution in [2.75, 3.05) is 0 Å². The van der Waals surface area contributed by atoms with Crippen LogP contribution in [-0.2, 0) is 7.05 Å². The first-order chi connectivity index (χ1) is 4.91. The van der Waals surface area contributed by atoms with Gasteiger partial charge < -0.3 is 0 Å². The third-order valence-corrected chi connectivity index (χ3v) is 7.83. The summed E-state index contributed by atoms with van der Waals surface area (Å²) in [5.74, 6) is 0. The number of aryl methyl sites for hydroxylation is 2. The van der Waals surface area contributed by atoms with E-state index in [2.05, 4.69) is 33.0 Å². The Hall–Kier alpha value is 0.00870. The van der Waals surface area contributed by atoms with E-state index < -0.39 is 18.4 Å². The molecular formula is C8H16N2Sn. The number of hydrogen-bond donors (Lipinski definition) is 0. The molecule has 1 aromatic rings. The van der Waals surface area contributed by atoms with Gasteiger partial charge in [0.1, 0.15) is 0 Å². The molecule has 0 saturated carbocycles. The number of aromatic nitrogens is 2. The van der Waals surface area contributed by atoms with Crippen molar-refractivity contribution in [2.24, 2.45) is 7.05 Å². The summed E-state index contributed by atoms with van der Waals surface area (Å²) in [7, 11) is 1.99. The predicted molar refractivity (Wildman–Crippen MR) is 50.9 cm³/mol. The van der Waals surface area contributed by atoms with Gasteiger partial charge in [-0.3, -0.25) is 0 Å². The molecule has 0 N–H and O–H groups in total. The van der Waals surface area contributed by atoms with Crippen LogP contribution in [0.4, 0.5) is 0 Å². The van der Waals surface area contributed by atoms with Crippen LogP contribution in [-0.4, -0.2) is 28.2 Å². The summed E-state index contributed by atoms with van der Waals surface area (Å²) in [5, 5.41) is 4.35. The summed E-state index contributed by atoms with van der Waals surface area (Å²) in [6, 6.07) is 0. The molecule has 1 heterocycles. The fourth-order valence-corrected chi connectivity index (χ4v) is 6.22. The molecule has 0 spiro atoms. The zero-order valence-electron chi connectivity index (χ0n) is 7.97. The predicted octanol–water partition coefficient (Wildman–Crippen LogP) is 1.27. The monoisotopic (exact) mass is 260 g/mol. The molecular weight excluding hydrogens is 243 g/mol. The van der Waals surface area contributed by atoms with Gasteiger partial charge in [-0.2, -0.15) is 0 Å². The molecule has 11 heavy (non-hydrogen) atoms. The van der Waals surface area contributed by atoms with Crippen LogP contribution in [0.25, 0.3) is 0 Å². The second-order valence-corrected chi connectivity index (χ2v) is 18.4. The van der Waals surface area contributed by atoms with Crippen molar-refractivity contribution < 1.29 is 0 Å². The van der Waals surface area contributed by atoms with Crippen molar-refractivity contribution in [3.05, 3.63) is 11.9 Å². The van der Waals surface area contributed by atoms with Crippen molar-refractivity contribution in [1.82, 2.24) is 9.78 Å². The molecule has 0 bridgehead atoms. The van der Waals surface area contributed by atoms with Crippen LogP contribution in [0.1, 0.15) is 5.69 Å². The normalized spacial score (nSPS) is 12.1. The fourth-order valence-electron chi connectivity index (χ4n) is 1.34. The van der Waals surface area contributed by atoms with Crippen LogP contribution in [0.15, 0.2) is 6.20 Å². The third kappa shape index (κ3) is 1.98. The summed E-state index contributed by atoms with van der Waals surface area (Å²) in [6.45, 7) is 2.11. The molecule has 0 amide bonds. The Labute approximate surface area is 72.5 Å². The summed E-state index contributed by atoms with van der Waals surface area (Å²) < 4.78 is 3.47. The Kier molecular flexibility index (Phi) is 2.32. The van der Waals surface area contributed by atoms with Gasteiger partial charge in [0.2, 0.25) is 0 Å². The average molecular weight is 259 g/mol. The van der Waals surface area contributed by atoms with Crippen molar-refractivity contribution in [3.63, 3.8) is 0 Å². The van der Waals surface area contributed by atoms with E-state index in [-0.39, 0.29) is 0 Å². The fraction of sp³-hybridized carbons (Fsp3) is 0.625. The first kappa shape index (κ1) is 9.10. The summed E-state index contributed by atoms with van der Waals surface area (Å²) in [5.41, 5.74) is 1.23. The number of hydrogen-bond acceptors (Lipinski definition) is 1. The van der Waals surface area contributed by atoms with Crippen LogP contribution >= 0.6 is 0 Å².